The van der Waals surface area contributed by atoms with Crippen molar-refractivity contribution in [2.45, 2.75) is 70.2 Å². The van der Waals surface area contributed by atoms with Crippen LogP contribution in [0.25, 0.3) is 0 Å². The molecule has 0 aromatic heterocycles. The normalized spacial score (nSPS) is 25.8. The molecule has 1 fully saturated rings. The van der Waals surface area contributed by atoms with Gasteiger partial charge in [-0.25, -0.2) is 0 Å². The van der Waals surface area contributed by atoms with E-state index in [9.17, 15) is 10.2 Å². The molecule has 2 aromatic carbocycles. The summed E-state index contributed by atoms with van der Waals surface area (Å²) in [5, 5.41) is 19.8. The third-order valence-corrected chi connectivity index (χ3v) is 6.27. The molecule has 31 heavy (non-hydrogen) atoms. The zero-order chi connectivity index (χ0) is 22.1. The van der Waals surface area contributed by atoms with Gasteiger partial charge < -0.3 is 24.4 Å². The second-order valence-corrected chi connectivity index (χ2v) is 8.77. The molecule has 1 aliphatic rings. The van der Waals surface area contributed by atoms with Gasteiger partial charge in [0, 0.05) is 6.61 Å². The zero-order valence-corrected chi connectivity index (χ0v) is 18.7. The average molecular weight is 429 g/mol. The molecule has 0 spiro atoms. The van der Waals surface area contributed by atoms with E-state index >= 15 is 0 Å². The van der Waals surface area contributed by atoms with Crippen molar-refractivity contribution >= 4 is 0 Å². The Morgan fingerprint density at radius 1 is 1.03 bits per heavy atom. The van der Waals surface area contributed by atoms with Crippen molar-refractivity contribution in [2.75, 3.05) is 13.2 Å². The fourth-order valence-corrected chi connectivity index (χ4v) is 4.11. The maximum absolute atomic E-state index is 10.3. The van der Waals surface area contributed by atoms with Crippen LogP contribution < -0.4 is 0 Å². The highest BCUT2D eigenvalue weighted by molar-refractivity contribution is 5.14. The van der Waals surface area contributed by atoms with Crippen LogP contribution >= 0.6 is 0 Å². The molecule has 5 atom stereocenters. The van der Waals surface area contributed by atoms with E-state index in [0.29, 0.717) is 26.2 Å². The van der Waals surface area contributed by atoms with Crippen molar-refractivity contribution in [1.82, 2.24) is 0 Å². The van der Waals surface area contributed by atoms with Crippen molar-refractivity contribution in [3.8, 4) is 0 Å². The smallest absolute Gasteiger partial charge is 0.106 e. The predicted octanol–water partition coefficient (Wildman–Crippen LogP) is 4.11. The van der Waals surface area contributed by atoms with Gasteiger partial charge in [-0.1, -0.05) is 67.6 Å². The van der Waals surface area contributed by atoms with Crippen molar-refractivity contribution in [3.63, 3.8) is 0 Å². The summed E-state index contributed by atoms with van der Waals surface area (Å²) in [6.45, 7) is 5.46. The predicted molar refractivity (Wildman–Crippen MR) is 121 cm³/mol. The Hall–Kier alpha value is -1.76. The van der Waals surface area contributed by atoms with Gasteiger partial charge in [0.15, 0.2) is 0 Å². The maximum Gasteiger partial charge on any atom is 0.106 e. The molecule has 1 heterocycles. The van der Waals surface area contributed by atoms with E-state index in [0.717, 1.165) is 24.0 Å². The minimum absolute atomic E-state index is 0.0664. The number of ether oxygens (including phenoxy) is 3. The van der Waals surface area contributed by atoms with Gasteiger partial charge >= 0.3 is 0 Å². The molecule has 2 N–H and O–H groups in total. The fourth-order valence-electron chi connectivity index (χ4n) is 4.11. The largest absolute Gasteiger partial charge is 0.394 e. The second-order valence-electron chi connectivity index (χ2n) is 8.77. The van der Waals surface area contributed by atoms with Crippen LogP contribution in [0.4, 0.5) is 0 Å². The Kier molecular flexibility index (Phi) is 9.05. The number of hydrogen-bond acceptors (Lipinski definition) is 5. The summed E-state index contributed by atoms with van der Waals surface area (Å²) in [6, 6.07) is 20.3. The van der Waals surface area contributed by atoms with Crippen LogP contribution in [0.3, 0.4) is 0 Å². The summed E-state index contributed by atoms with van der Waals surface area (Å²) < 4.78 is 18.6. The van der Waals surface area contributed by atoms with E-state index in [2.05, 4.69) is 31.2 Å². The van der Waals surface area contributed by atoms with Crippen LogP contribution in [0.15, 0.2) is 60.7 Å². The average Bonchev–Trinajstić information content (AvgIpc) is 2.81. The lowest BCUT2D eigenvalue weighted by molar-refractivity contribution is -0.236. The monoisotopic (exact) mass is 428 g/mol. The van der Waals surface area contributed by atoms with Gasteiger partial charge in [0.05, 0.1) is 37.6 Å². The first-order valence-corrected chi connectivity index (χ1v) is 11.3. The number of aliphatic hydroxyl groups excluding tert-OH is 2. The molecule has 1 aliphatic heterocycles. The number of hydrogen-bond donors (Lipinski definition) is 2. The summed E-state index contributed by atoms with van der Waals surface area (Å²) in [6.07, 6.45) is 1.09. The van der Waals surface area contributed by atoms with Crippen molar-refractivity contribution < 1.29 is 24.4 Å². The van der Waals surface area contributed by atoms with Gasteiger partial charge in [-0.15, -0.1) is 0 Å². The standard InChI is InChI=1S/C26H36O5/c1-20(14-16-29-18-21-9-5-3-6-10-21)25-23(30-19-22-11-7-4-8-12-22)13-15-26(2,31-25)24(28)17-27/h3-12,20,23-25,27-28H,13-19H2,1-2H3/t20-,23+,24-,25-,26+/m1/s1. The minimum Gasteiger partial charge on any atom is -0.394 e. The van der Waals surface area contributed by atoms with Gasteiger partial charge in [-0.3, -0.25) is 0 Å². The van der Waals surface area contributed by atoms with Crippen LogP contribution in [0.1, 0.15) is 44.2 Å². The van der Waals surface area contributed by atoms with E-state index in [1.807, 2.05) is 43.3 Å². The SMILES string of the molecule is C[C@H](CCOCc1ccccc1)[C@H]1O[C@](C)([C@H](O)CO)CC[C@@H]1OCc1ccccc1. The van der Waals surface area contributed by atoms with Gasteiger partial charge in [0.1, 0.15) is 6.10 Å². The molecule has 0 unspecified atom stereocenters. The Morgan fingerprint density at radius 2 is 1.65 bits per heavy atom. The van der Waals surface area contributed by atoms with Gasteiger partial charge in [0.2, 0.25) is 0 Å². The molecule has 170 valence electrons. The molecule has 0 bridgehead atoms. The molecule has 5 heteroatoms. The third-order valence-electron chi connectivity index (χ3n) is 6.27. The van der Waals surface area contributed by atoms with Crippen LogP contribution in [0, 0.1) is 5.92 Å². The molecule has 2 aromatic rings. The molecule has 0 saturated carbocycles. The highest BCUT2D eigenvalue weighted by Crippen LogP contribution is 2.37. The molecular formula is C26H36O5. The van der Waals surface area contributed by atoms with E-state index in [4.69, 9.17) is 14.2 Å². The summed E-state index contributed by atoms with van der Waals surface area (Å²) in [4.78, 5) is 0. The Bertz CT molecular complexity index is 753. The zero-order valence-electron chi connectivity index (χ0n) is 18.7. The molecule has 3 rings (SSSR count). The number of benzene rings is 2. The lowest BCUT2D eigenvalue weighted by atomic mass is 9.83. The van der Waals surface area contributed by atoms with Gasteiger partial charge in [-0.2, -0.15) is 0 Å². The fraction of sp³-hybridized carbons (Fsp3) is 0.538. The summed E-state index contributed by atoms with van der Waals surface area (Å²) in [7, 11) is 0. The number of rotatable bonds is 11. The van der Waals surface area contributed by atoms with E-state index in [1.54, 1.807) is 0 Å². The molecule has 0 amide bonds. The first kappa shape index (κ1) is 23.9. The summed E-state index contributed by atoms with van der Waals surface area (Å²) in [5.74, 6) is 0.182. The van der Waals surface area contributed by atoms with Crippen molar-refractivity contribution in [3.05, 3.63) is 71.8 Å². The minimum atomic E-state index is -0.911. The lowest BCUT2D eigenvalue weighted by Crippen LogP contribution is -2.55. The molecule has 0 aliphatic carbocycles. The molecular weight excluding hydrogens is 392 g/mol. The number of aliphatic hydroxyl groups is 2. The highest BCUT2D eigenvalue weighted by Gasteiger charge is 2.45. The van der Waals surface area contributed by atoms with Crippen LogP contribution in [-0.4, -0.2) is 47.3 Å². The third kappa shape index (κ3) is 6.86. The highest BCUT2D eigenvalue weighted by atomic mass is 16.6. The first-order valence-electron chi connectivity index (χ1n) is 11.3. The van der Waals surface area contributed by atoms with Crippen LogP contribution in [0.2, 0.25) is 0 Å². The lowest BCUT2D eigenvalue weighted by Gasteiger charge is -2.46. The Labute approximate surface area is 186 Å². The molecule has 0 radical (unpaired) electrons. The quantitative estimate of drug-likeness (QED) is 0.527. The van der Waals surface area contributed by atoms with Crippen LogP contribution in [-0.2, 0) is 27.4 Å². The summed E-state index contributed by atoms with van der Waals surface area (Å²) in [5.41, 5.74) is 1.51. The van der Waals surface area contributed by atoms with E-state index in [1.165, 1.54) is 0 Å². The van der Waals surface area contributed by atoms with E-state index < -0.39 is 11.7 Å². The van der Waals surface area contributed by atoms with Crippen molar-refractivity contribution in [2.24, 2.45) is 5.92 Å². The topological polar surface area (TPSA) is 68.2 Å². The Morgan fingerprint density at radius 3 is 2.26 bits per heavy atom. The van der Waals surface area contributed by atoms with E-state index in [-0.39, 0.29) is 24.7 Å². The van der Waals surface area contributed by atoms with Crippen molar-refractivity contribution in [1.29, 1.82) is 0 Å². The summed E-state index contributed by atoms with van der Waals surface area (Å²) >= 11 is 0. The van der Waals surface area contributed by atoms with Gasteiger partial charge in [-0.05, 0) is 43.2 Å². The van der Waals surface area contributed by atoms with Crippen LogP contribution in [0.5, 0.6) is 0 Å². The second kappa shape index (κ2) is 11.7. The molecule has 1 saturated heterocycles. The van der Waals surface area contributed by atoms with Gasteiger partial charge in [0.25, 0.3) is 0 Å². The Balaban J connectivity index is 1.58. The molecule has 5 nitrogen and oxygen atoms in total. The first-order chi connectivity index (χ1) is 15.0. The maximum atomic E-state index is 10.3.